The smallest absolute Gasteiger partial charge is 0.259 e. The van der Waals surface area contributed by atoms with Crippen molar-refractivity contribution >= 4 is 23.4 Å². The van der Waals surface area contributed by atoms with Crippen LogP contribution in [0.25, 0.3) is 0 Å². The molecule has 3 amide bonds. The highest BCUT2D eigenvalue weighted by molar-refractivity contribution is 6.22. The van der Waals surface area contributed by atoms with Crippen molar-refractivity contribution in [2.24, 2.45) is 0 Å². The van der Waals surface area contributed by atoms with Gasteiger partial charge in [-0.05, 0) is 31.5 Å². The summed E-state index contributed by atoms with van der Waals surface area (Å²) in [5, 5.41) is 13.9. The monoisotopic (exact) mass is 262 g/mol. The van der Waals surface area contributed by atoms with E-state index in [1.54, 1.807) is 13.0 Å². The molecule has 2 rings (SSSR count). The van der Waals surface area contributed by atoms with E-state index >= 15 is 0 Å². The predicted molar refractivity (Wildman–Crippen MR) is 67.8 cm³/mol. The number of carbonyl (C=O) groups excluding carboxylic acids is 3. The summed E-state index contributed by atoms with van der Waals surface area (Å²) in [5.74, 6) is -1.13. The Morgan fingerprint density at radius 3 is 2.68 bits per heavy atom. The fraction of sp³-hybridized carbons (Fsp3) is 0.308. The number of imide groups is 1. The van der Waals surface area contributed by atoms with Crippen molar-refractivity contribution in [2.45, 2.75) is 25.9 Å². The lowest BCUT2D eigenvalue weighted by atomic mass is 10.1. The third-order valence-corrected chi connectivity index (χ3v) is 2.81. The molecule has 0 fully saturated rings. The van der Waals surface area contributed by atoms with E-state index < -0.39 is 17.9 Å². The zero-order valence-electron chi connectivity index (χ0n) is 10.4. The maximum Gasteiger partial charge on any atom is 0.259 e. The van der Waals surface area contributed by atoms with Crippen LogP contribution in [0.3, 0.4) is 0 Å². The molecular formula is C13H14N2O4. The summed E-state index contributed by atoms with van der Waals surface area (Å²) in [4.78, 5) is 34.4. The third kappa shape index (κ3) is 2.97. The number of benzene rings is 1. The molecule has 6 heteroatoms. The summed E-state index contributed by atoms with van der Waals surface area (Å²) >= 11 is 0. The lowest BCUT2D eigenvalue weighted by Gasteiger charge is -2.07. The van der Waals surface area contributed by atoms with Gasteiger partial charge in [-0.1, -0.05) is 0 Å². The van der Waals surface area contributed by atoms with Crippen molar-refractivity contribution in [3.8, 4) is 0 Å². The van der Waals surface area contributed by atoms with Crippen LogP contribution >= 0.6 is 0 Å². The molecule has 0 radical (unpaired) electrons. The second-order valence-corrected chi connectivity index (χ2v) is 4.48. The number of anilines is 1. The van der Waals surface area contributed by atoms with Gasteiger partial charge >= 0.3 is 0 Å². The van der Waals surface area contributed by atoms with Crippen LogP contribution in [-0.2, 0) is 4.79 Å². The maximum atomic E-state index is 11.6. The van der Waals surface area contributed by atoms with Crippen molar-refractivity contribution in [3.05, 3.63) is 29.3 Å². The molecule has 1 aromatic carbocycles. The maximum absolute atomic E-state index is 11.6. The van der Waals surface area contributed by atoms with Gasteiger partial charge in [0.25, 0.3) is 11.8 Å². The van der Waals surface area contributed by atoms with E-state index in [1.807, 2.05) is 0 Å². The van der Waals surface area contributed by atoms with Crippen LogP contribution in [0.1, 0.15) is 40.5 Å². The average Bonchev–Trinajstić information content (AvgIpc) is 2.62. The van der Waals surface area contributed by atoms with Gasteiger partial charge in [-0.2, -0.15) is 0 Å². The molecule has 1 unspecified atom stereocenters. The molecule has 1 aliphatic rings. The fourth-order valence-electron chi connectivity index (χ4n) is 1.81. The minimum absolute atomic E-state index is 0.194. The Morgan fingerprint density at radius 2 is 2.00 bits per heavy atom. The molecule has 0 saturated carbocycles. The topological polar surface area (TPSA) is 95.5 Å². The summed E-state index contributed by atoms with van der Waals surface area (Å²) < 4.78 is 0. The lowest BCUT2D eigenvalue weighted by Crippen LogP contribution is -2.19. The van der Waals surface area contributed by atoms with Gasteiger partial charge in [-0.15, -0.1) is 0 Å². The quantitative estimate of drug-likeness (QED) is 0.695. The number of nitrogens with one attached hydrogen (secondary N) is 2. The van der Waals surface area contributed by atoms with E-state index in [4.69, 9.17) is 5.11 Å². The Balaban J connectivity index is 2.07. The van der Waals surface area contributed by atoms with E-state index in [-0.39, 0.29) is 17.9 Å². The van der Waals surface area contributed by atoms with E-state index in [0.29, 0.717) is 17.7 Å². The molecule has 0 saturated heterocycles. The third-order valence-electron chi connectivity index (χ3n) is 2.81. The largest absolute Gasteiger partial charge is 0.393 e. The summed E-state index contributed by atoms with van der Waals surface area (Å²) in [5.41, 5.74) is 1.03. The zero-order valence-corrected chi connectivity index (χ0v) is 10.4. The van der Waals surface area contributed by atoms with Crippen LogP contribution in [0, 0.1) is 0 Å². The number of rotatable bonds is 4. The first-order valence-electron chi connectivity index (χ1n) is 5.95. The normalized spacial score (nSPS) is 14.8. The van der Waals surface area contributed by atoms with Gasteiger partial charge < -0.3 is 10.4 Å². The first kappa shape index (κ1) is 13.2. The zero-order chi connectivity index (χ0) is 14.0. The number of amides is 3. The average molecular weight is 262 g/mol. The van der Waals surface area contributed by atoms with Crippen LogP contribution in [0.15, 0.2) is 18.2 Å². The minimum Gasteiger partial charge on any atom is -0.393 e. The number of aliphatic hydroxyl groups excluding tert-OH is 1. The lowest BCUT2D eigenvalue weighted by molar-refractivity contribution is -0.116. The number of carbonyl (C=O) groups is 3. The Kier molecular flexibility index (Phi) is 3.62. The highest BCUT2D eigenvalue weighted by atomic mass is 16.3. The second-order valence-electron chi connectivity index (χ2n) is 4.48. The highest BCUT2D eigenvalue weighted by Crippen LogP contribution is 2.20. The van der Waals surface area contributed by atoms with Crippen LogP contribution < -0.4 is 10.6 Å². The SMILES string of the molecule is CC(O)CCC(=O)Nc1ccc2c(c1)C(=O)NC2=O. The van der Waals surface area contributed by atoms with Crippen LogP contribution in [0.4, 0.5) is 5.69 Å². The molecule has 3 N–H and O–H groups in total. The van der Waals surface area contributed by atoms with E-state index in [0.717, 1.165) is 0 Å². The van der Waals surface area contributed by atoms with E-state index in [1.165, 1.54) is 12.1 Å². The van der Waals surface area contributed by atoms with Gasteiger partial charge in [-0.3, -0.25) is 19.7 Å². The molecule has 0 bridgehead atoms. The fourth-order valence-corrected chi connectivity index (χ4v) is 1.81. The summed E-state index contributed by atoms with van der Waals surface area (Å²) in [6.45, 7) is 1.61. The van der Waals surface area contributed by atoms with Gasteiger partial charge in [0.2, 0.25) is 5.91 Å². The van der Waals surface area contributed by atoms with Crippen molar-refractivity contribution < 1.29 is 19.5 Å². The number of aliphatic hydroxyl groups is 1. The van der Waals surface area contributed by atoms with Gasteiger partial charge in [0.05, 0.1) is 17.2 Å². The Hall–Kier alpha value is -2.21. The first-order valence-corrected chi connectivity index (χ1v) is 5.95. The molecule has 19 heavy (non-hydrogen) atoms. The molecule has 1 aromatic rings. The Bertz CT molecular complexity index is 552. The molecule has 0 aromatic heterocycles. The Morgan fingerprint density at radius 1 is 1.32 bits per heavy atom. The van der Waals surface area contributed by atoms with Crippen LogP contribution in [-0.4, -0.2) is 28.9 Å². The summed E-state index contributed by atoms with van der Waals surface area (Å²) in [6.07, 6.45) is 0.0319. The van der Waals surface area contributed by atoms with Gasteiger partial charge in [-0.25, -0.2) is 0 Å². The van der Waals surface area contributed by atoms with Gasteiger partial charge in [0.15, 0.2) is 0 Å². The summed E-state index contributed by atoms with van der Waals surface area (Å²) in [6, 6.07) is 4.53. The molecule has 0 spiro atoms. The minimum atomic E-state index is -0.533. The van der Waals surface area contributed by atoms with Crippen molar-refractivity contribution in [2.75, 3.05) is 5.32 Å². The number of fused-ring (bicyclic) bond motifs is 1. The summed E-state index contributed by atoms with van der Waals surface area (Å²) in [7, 11) is 0. The molecule has 1 atom stereocenters. The molecule has 1 aliphatic heterocycles. The predicted octanol–water partition coefficient (Wildman–Crippen LogP) is 0.670. The standard InChI is InChI=1S/C13H14N2O4/c1-7(16)2-5-11(17)14-8-3-4-9-10(6-8)13(19)15-12(9)18/h3-4,6-7,16H,2,5H2,1H3,(H,14,17)(H,15,18,19). The van der Waals surface area contributed by atoms with E-state index in [9.17, 15) is 14.4 Å². The molecule has 6 nitrogen and oxygen atoms in total. The first-order chi connectivity index (χ1) is 8.97. The van der Waals surface area contributed by atoms with E-state index in [2.05, 4.69) is 10.6 Å². The van der Waals surface area contributed by atoms with Crippen LogP contribution in [0.5, 0.6) is 0 Å². The van der Waals surface area contributed by atoms with Crippen LogP contribution in [0.2, 0.25) is 0 Å². The second kappa shape index (κ2) is 5.19. The number of hydrogen-bond donors (Lipinski definition) is 3. The van der Waals surface area contributed by atoms with Gasteiger partial charge in [0.1, 0.15) is 0 Å². The van der Waals surface area contributed by atoms with Gasteiger partial charge in [0, 0.05) is 12.1 Å². The molecule has 0 aliphatic carbocycles. The van der Waals surface area contributed by atoms with Crippen molar-refractivity contribution in [1.82, 2.24) is 5.32 Å². The molecule has 100 valence electrons. The van der Waals surface area contributed by atoms with Crippen molar-refractivity contribution in [1.29, 1.82) is 0 Å². The Labute approximate surface area is 109 Å². The molecule has 1 heterocycles. The number of hydrogen-bond acceptors (Lipinski definition) is 4. The molecular weight excluding hydrogens is 248 g/mol. The van der Waals surface area contributed by atoms with Crippen molar-refractivity contribution in [3.63, 3.8) is 0 Å². The highest BCUT2D eigenvalue weighted by Gasteiger charge is 2.26.